The van der Waals surface area contributed by atoms with Gasteiger partial charge in [0.1, 0.15) is 0 Å². The summed E-state index contributed by atoms with van der Waals surface area (Å²) in [5.41, 5.74) is 1.65. The first-order valence-electron chi connectivity index (χ1n) is 8.29. The molecule has 0 saturated heterocycles. The molecule has 0 aliphatic heterocycles. The van der Waals surface area contributed by atoms with Crippen molar-refractivity contribution < 1.29 is 13.2 Å². The summed E-state index contributed by atoms with van der Waals surface area (Å²) in [7, 11) is -3.26. The molecule has 2 aromatic heterocycles. The van der Waals surface area contributed by atoms with Crippen LogP contribution in [0.1, 0.15) is 37.2 Å². The van der Waals surface area contributed by atoms with Gasteiger partial charge in [-0.05, 0) is 44.2 Å². The van der Waals surface area contributed by atoms with Gasteiger partial charge in [-0.3, -0.25) is 4.79 Å². The lowest BCUT2D eigenvalue weighted by Crippen LogP contribution is -2.13. The molecule has 0 fully saturated rings. The van der Waals surface area contributed by atoms with Crippen molar-refractivity contribution in [3.8, 4) is 0 Å². The Balaban J connectivity index is 1.81. The van der Waals surface area contributed by atoms with Crippen LogP contribution in [0.3, 0.4) is 0 Å². The van der Waals surface area contributed by atoms with E-state index in [1.807, 2.05) is 13.8 Å². The lowest BCUT2D eigenvalue weighted by Gasteiger charge is -2.08. The van der Waals surface area contributed by atoms with Gasteiger partial charge < -0.3 is 5.32 Å². The normalized spacial score (nSPS) is 11.8. The number of carbonyl (C=O) groups is 1. The van der Waals surface area contributed by atoms with E-state index in [-0.39, 0.29) is 22.6 Å². The Kier molecular flexibility index (Phi) is 4.78. The van der Waals surface area contributed by atoms with Gasteiger partial charge in [-0.25, -0.2) is 18.1 Å². The van der Waals surface area contributed by atoms with Crippen LogP contribution in [0.25, 0.3) is 11.0 Å². The molecule has 1 amide bonds. The summed E-state index contributed by atoms with van der Waals surface area (Å²) in [4.78, 5) is 17.0. The van der Waals surface area contributed by atoms with E-state index in [0.29, 0.717) is 11.3 Å². The van der Waals surface area contributed by atoms with Crippen molar-refractivity contribution >= 4 is 32.5 Å². The van der Waals surface area contributed by atoms with Gasteiger partial charge >= 0.3 is 0 Å². The standard InChI is InChI=1S/C18H20N4O3S/c1-4-26(24,25)16-7-5-15(6-8-16)21-18(23)14-9-13-11-20-22(12(2)3)17(13)19-10-14/h5-12H,4H2,1-3H3,(H,21,23). The third-order valence-electron chi connectivity index (χ3n) is 4.04. The van der Waals surface area contributed by atoms with E-state index in [4.69, 9.17) is 0 Å². The zero-order valence-corrected chi connectivity index (χ0v) is 15.6. The summed E-state index contributed by atoms with van der Waals surface area (Å²) in [6.45, 7) is 5.61. The second kappa shape index (κ2) is 6.87. The molecule has 1 aromatic carbocycles. The first kappa shape index (κ1) is 18.1. The third kappa shape index (κ3) is 3.45. The zero-order chi connectivity index (χ0) is 18.9. The fourth-order valence-electron chi connectivity index (χ4n) is 2.56. The molecular weight excluding hydrogens is 352 g/mol. The largest absolute Gasteiger partial charge is 0.322 e. The smallest absolute Gasteiger partial charge is 0.257 e. The number of benzene rings is 1. The van der Waals surface area contributed by atoms with Crippen LogP contribution in [0, 0.1) is 0 Å². The molecule has 2 heterocycles. The molecule has 0 radical (unpaired) electrons. The van der Waals surface area contributed by atoms with Crippen LogP contribution in [0.4, 0.5) is 5.69 Å². The number of hydrogen-bond donors (Lipinski definition) is 1. The maximum Gasteiger partial charge on any atom is 0.257 e. The number of pyridine rings is 1. The van der Waals surface area contributed by atoms with Crippen LogP contribution in [0.5, 0.6) is 0 Å². The molecule has 3 aromatic rings. The van der Waals surface area contributed by atoms with Crippen LogP contribution in [-0.2, 0) is 9.84 Å². The third-order valence-corrected chi connectivity index (χ3v) is 5.79. The van der Waals surface area contributed by atoms with Gasteiger partial charge in [0.05, 0.1) is 22.4 Å². The van der Waals surface area contributed by atoms with Crippen molar-refractivity contribution in [1.82, 2.24) is 14.8 Å². The Morgan fingerprint density at radius 1 is 1.19 bits per heavy atom. The van der Waals surface area contributed by atoms with E-state index >= 15 is 0 Å². The Hall–Kier alpha value is -2.74. The van der Waals surface area contributed by atoms with Crippen molar-refractivity contribution in [2.75, 3.05) is 11.1 Å². The molecule has 8 heteroatoms. The quantitative estimate of drug-likeness (QED) is 0.743. The lowest BCUT2D eigenvalue weighted by molar-refractivity contribution is 0.102. The first-order chi connectivity index (χ1) is 12.3. The minimum atomic E-state index is -3.26. The van der Waals surface area contributed by atoms with Gasteiger partial charge in [0.15, 0.2) is 15.5 Å². The molecule has 0 spiro atoms. The van der Waals surface area contributed by atoms with Crippen LogP contribution in [-0.4, -0.2) is 34.8 Å². The maximum atomic E-state index is 12.4. The van der Waals surface area contributed by atoms with Crippen molar-refractivity contribution in [3.63, 3.8) is 0 Å². The molecule has 136 valence electrons. The van der Waals surface area contributed by atoms with E-state index in [9.17, 15) is 13.2 Å². The Morgan fingerprint density at radius 2 is 1.88 bits per heavy atom. The number of nitrogens with zero attached hydrogens (tertiary/aromatic N) is 3. The van der Waals surface area contributed by atoms with Gasteiger partial charge in [0, 0.05) is 23.3 Å². The number of aromatic nitrogens is 3. The lowest BCUT2D eigenvalue weighted by atomic mass is 10.2. The number of carbonyl (C=O) groups excluding carboxylic acids is 1. The molecule has 26 heavy (non-hydrogen) atoms. The Morgan fingerprint density at radius 3 is 2.50 bits per heavy atom. The average molecular weight is 372 g/mol. The summed E-state index contributed by atoms with van der Waals surface area (Å²) in [5, 5.41) is 7.82. The van der Waals surface area contributed by atoms with Crippen LogP contribution in [0.15, 0.2) is 47.6 Å². The van der Waals surface area contributed by atoms with Gasteiger partial charge in [-0.15, -0.1) is 0 Å². The summed E-state index contributed by atoms with van der Waals surface area (Å²) in [5.74, 6) is -0.281. The van der Waals surface area contributed by atoms with Crippen molar-refractivity contribution in [1.29, 1.82) is 0 Å². The van der Waals surface area contributed by atoms with Crippen molar-refractivity contribution in [2.45, 2.75) is 31.7 Å². The topological polar surface area (TPSA) is 93.9 Å². The fourth-order valence-corrected chi connectivity index (χ4v) is 3.44. The number of hydrogen-bond acceptors (Lipinski definition) is 5. The molecule has 0 aliphatic rings. The van der Waals surface area contributed by atoms with Crippen LogP contribution < -0.4 is 5.32 Å². The molecular formula is C18H20N4O3S. The second-order valence-electron chi connectivity index (χ2n) is 6.20. The molecule has 7 nitrogen and oxygen atoms in total. The molecule has 0 bridgehead atoms. The first-order valence-corrected chi connectivity index (χ1v) is 9.94. The number of fused-ring (bicyclic) bond motifs is 1. The predicted molar refractivity (Wildman–Crippen MR) is 100 cm³/mol. The molecule has 0 unspecified atom stereocenters. The zero-order valence-electron chi connectivity index (χ0n) is 14.8. The highest BCUT2D eigenvalue weighted by atomic mass is 32.2. The number of anilines is 1. The summed E-state index contributed by atoms with van der Waals surface area (Å²) in [6, 6.07) is 8.04. The van der Waals surface area contributed by atoms with E-state index in [1.165, 1.54) is 18.3 Å². The monoisotopic (exact) mass is 372 g/mol. The minimum absolute atomic E-state index is 0.0362. The fraction of sp³-hybridized carbons (Fsp3) is 0.278. The second-order valence-corrected chi connectivity index (χ2v) is 8.48. The van der Waals surface area contributed by atoms with Gasteiger partial charge in [0.25, 0.3) is 5.91 Å². The molecule has 0 saturated carbocycles. The summed E-state index contributed by atoms with van der Waals surface area (Å²) < 4.78 is 25.4. The predicted octanol–water partition coefficient (Wildman–Crippen LogP) is 3.06. The van der Waals surface area contributed by atoms with Gasteiger partial charge in [0.2, 0.25) is 0 Å². The van der Waals surface area contributed by atoms with E-state index in [0.717, 1.165) is 11.0 Å². The SMILES string of the molecule is CCS(=O)(=O)c1ccc(NC(=O)c2cnc3c(cnn3C(C)C)c2)cc1. The summed E-state index contributed by atoms with van der Waals surface area (Å²) in [6.07, 6.45) is 3.19. The number of nitrogens with one attached hydrogen (secondary N) is 1. The van der Waals surface area contributed by atoms with Gasteiger partial charge in [-0.2, -0.15) is 5.10 Å². The van der Waals surface area contributed by atoms with Crippen molar-refractivity contribution in [2.24, 2.45) is 0 Å². The minimum Gasteiger partial charge on any atom is -0.322 e. The Labute approximate surface area is 152 Å². The average Bonchev–Trinajstić information content (AvgIpc) is 3.05. The molecule has 1 N–H and O–H groups in total. The molecule has 0 aliphatic carbocycles. The van der Waals surface area contributed by atoms with Crippen molar-refractivity contribution in [3.05, 3.63) is 48.3 Å². The summed E-state index contributed by atoms with van der Waals surface area (Å²) >= 11 is 0. The highest BCUT2D eigenvalue weighted by molar-refractivity contribution is 7.91. The highest BCUT2D eigenvalue weighted by Crippen LogP contribution is 2.19. The van der Waals surface area contributed by atoms with E-state index in [2.05, 4.69) is 15.4 Å². The van der Waals surface area contributed by atoms with E-state index < -0.39 is 9.84 Å². The van der Waals surface area contributed by atoms with E-state index in [1.54, 1.807) is 36.0 Å². The van der Waals surface area contributed by atoms with Crippen LogP contribution >= 0.6 is 0 Å². The molecule has 3 rings (SSSR count). The number of amides is 1. The molecule has 0 atom stereocenters. The maximum absolute atomic E-state index is 12.4. The van der Waals surface area contributed by atoms with Crippen LogP contribution in [0.2, 0.25) is 0 Å². The Bertz CT molecular complexity index is 1050. The van der Waals surface area contributed by atoms with Gasteiger partial charge in [-0.1, -0.05) is 6.92 Å². The number of sulfone groups is 1. The highest BCUT2D eigenvalue weighted by Gasteiger charge is 2.14. The number of rotatable bonds is 5.